The van der Waals surface area contributed by atoms with Crippen molar-refractivity contribution in [2.75, 3.05) is 0 Å². The van der Waals surface area contributed by atoms with E-state index >= 15 is 0 Å². The van der Waals surface area contributed by atoms with E-state index in [-0.39, 0.29) is 11.7 Å². The zero-order chi connectivity index (χ0) is 20.8. The molecule has 0 aromatic heterocycles. The summed E-state index contributed by atoms with van der Waals surface area (Å²) in [5.41, 5.74) is 4.70. The van der Waals surface area contributed by atoms with Crippen LogP contribution in [0.4, 0.5) is 13.2 Å². The van der Waals surface area contributed by atoms with Crippen LogP contribution in [-0.2, 0) is 6.42 Å². The maximum absolute atomic E-state index is 14.6. The van der Waals surface area contributed by atoms with E-state index in [1.54, 1.807) is 25.1 Å². The average molecular weight is 389 g/mol. The second kappa shape index (κ2) is 9.95. The molecule has 0 heterocycles. The lowest BCUT2D eigenvalue weighted by Crippen LogP contribution is -2.06. The highest BCUT2D eigenvalue weighted by Crippen LogP contribution is 2.37. The molecule has 0 saturated heterocycles. The van der Waals surface area contributed by atoms with Gasteiger partial charge in [-0.2, -0.15) is 0 Å². The molecule has 0 fully saturated rings. The van der Waals surface area contributed by atoms with Gasteiger partial charge in [0.25, 0.3) is 0 Å². The Hall–Kier alpha value is -2.03. The zero-order valence-corrected chi connectivity index (χ0v) is 17.6. The first-order valence-corrected chi connectivity index (χ1v) is 10.2. The highest BCUT2D eigenvalue weighted by atomic mass is 19.2. The molecule has 0 nitrogen and oxygen atoms in total. The fourth-order valence-corrected chi connectivity index (χ4v) is 3.70. The summed E-state index contributed by atoms with van der Waals surface area (Å²) in [4.78, 5) is 0. The van der Waals surface area contributed by atoms with Crippen molar-refractivity contribution in [2.24, 2.45) is 0 Å². The third-order valence-electron chi connectivity index (χ3n) is 5.59. The van der Waals surface area contributed by atoms with Crippen LogP contribution in [0.25, 0.3) is 5.57 Å². The fourth-order valence-electron chi connectivity index (χ4n) is 3.70. The first-order valence-electron chi connectivity index (χ1n) is 10.2. The molecule has 0 saturated carbocycles. The maximum atomic E-state index is 14.6. The van der Waals surface area contributed by atoms with Crippen molar-refractivity contribution in [3.05, 3.63) is 75.6 Å². The molecule has 0 radical (unpaired) electrons. The number of rotatable bonds is 8. The van der Waals surface area contributed by atoms with E-state index in [9.17, 15) is 13.2 Å². The van der Waals surface area contributed by atoms with Gasteiger partial charge in [0.05, 0.1) is 0 Å². The van der Waals surface area contributed by atoms with E-state index in [1.165, 1.54) is 6.07 Å². The van der Waals surface area contributed by atoms with Crippen LogP contribution in [0.3, 0.4) is 0 Å². The van der Waals surface area contributed by atoms with Crippen molar-refractivity contribution in [2.45, 2.75) is 72.6 Å². The Bertz CT molecular complexity index is 849. The summed E-state index contributed by atoms with van der Waals surface area (Å²) < 4.78 is 42.8. The molecule has 0 amide bonds. The van der Waals surface area contributed by atoms with Crippen molar-refractivity contribution in [3.8, 4) is 0 Å². The van der Waals surface area contributed by atoms with Gasteiger partial charge in [-0.3, -0.25) is 0 Å². The van der Waals surface area contributed by atoms with Gasteiger partial charge in [0, 0.05) is 5.92 Å². The molecule has 1 atom stereocenters. The monoisotopic (exact) mass is 388 g/mol. The summed E-state index contributed by atoms with van der Waals surface area (Å²) in [7, 11) is 0. The molecule has 2 rings (SSSR count). The molecule has 1 unspecified atom stereocenters. The molecule has 28 heavy (non-hydrogen) atoms. The first kappa shape index (κ1) is 22.3. The van der Waals surface area contributed by atoms with E-state index in [4.69, 9.17) is 0 Å². The van der Waals surface area contributed by atoms with Crippen molar-refractivity contribution in [1.29, 1.82) is 0 Å². The van der Waals surface area contributed by atoms with Gasteiger partial charge in [-0.1, -0.05) is 57.4 Å². The molecule has 2 aromatic rings. The van der Waals surface area contributed by atoms with E-state index in [0.717, 1.165) is 54.4 Å². The Morgan fingerprint density at radius 2 is 1.68 bits per heavy atom. The predicted molar refractivity (Wildman–Crippen MR) is 112 cm³/mol. The Balaban J connectivity index is 2.62. The van der Waals surface area contributed by atoms with E-state index in [1.807, 2.05) is 19.9 Å². The quantitative estimate of drug-likeness (QED) is 0.428. The number of aryl methyl sites for hydroxylation is 2. The molecular formula is C25H31F3. The summed E-state index contributed by atoms with van der Waals surface area (Å²) >= 11 is 0. The highest BCUT2D eigenvalue weighted by Gasteiger charge is 2.21. The number of hydrogen-bond donors (Lipinski definition) is 0. The number of halogens is 3. The van der Waals surface area contributed by atoms with Crippen LogP contribution < -0.4 is 0 Å². The summed E-state index contributed by atoms with van der Waals surface area (Å²) in [6, 6.07) is 8.23. The Morgan fingerprint density at radius 1 is 0.964 bits per heavy atom. The summed E-state index contributed by atoms with van der Waals surface area (Å²) in [5.74, 6) is -2.13. The lowest BCUT2D eigenvalue weighted by Gasteiger charge is -2.22. The summed E-state index contributed by atoms with van der Waals surface area (Å²) in [5, 5.41) is 0. The van der Waals surface area contributed by atoms with Gasteiger partial charge in [-0.05, 0) is 73.1 Å². The summed E-state index contributed by atoms with van der Waals surface area (Å²) in [6.07, 6.45) is 4.60. The Labute approximate surface area is 167 Å². The second-order valence-electron chi connectivity index (χ2n) is 7.64. The molecule has 152 valence electrons. The van der Waals surface area contributed by atoms with Crippen molar-refractivity contribution in [1.82, 2.24) is 0 Å². The third-order valence-corrected chi connectivity index (χ3v) is 5.59. The van der Waals surface area contributed by atoms with Crippen LogP contribution in [0, 0.1) is 24.4 Å². The Kier molecular flexibility index (Phi) is 7.91. The summed E-state index contributed by atoms with van der Waals surface area (Å²) in [6.45, 7) is 9.64. The SMILES string of the molecule is CCCC/C(=C(/C)C(C)c1ccc(C)c(F)c1F)c1cc(F)ccc1CCC. The molecule has 0 aliphatic heterocycles. The van der Waals surface area contributed by atoms with Gasteiger partial charge >= 0.3 is 0 Å². The van der Waals surface area contributed by atoms with Crippen molar-refractivity contribution < 1.29 is 13.2 Å². The first-order chi connectivity index (χ1) is 13.3. The number of benzene rings is 2. The van der Waals surface area contributed by atoms with E-state index < -0.39 is 11.6 Å². The van der Waals surface area contributed by atoms with Gasteiger partial charge < -0.3 is 0 Å². The zero-order valence-electron chi connectivity index (χ0n) is 17.6. The van der Waals surface area contributed by atoms with E-state index in [2.05, 4.69) is 13.8 Å². The Morgan fingerprint density at radius 3 is 2.32 bits per heavy atom. The predicted octanol–water partition coefficient (Wildman–Crippen LogP) is 8.13. The number of allylic oxidation sites excluding steroid dienone is 2. The van der Waals surface area contributed by atoms with Crippen LogP contribution in [0.2, 0.25) is 0 Å². The van der Waals surface area contributed by atoms with Crippen LogP contribution in [-0.4, -0.2) is 0 Å². The molecule has 0 aliphatic carbocycles. The normalized spacial score (nSPS) is 13.4. The van der Waals surface area contributed by atoms with Crippen LogP contribution in [0.1, 0.15) is 81.5 Å². The van der Waals surface area contributed by atoms with E-state index in [0.29, 0.717) is 11.1 Å². The van der Waals surface area contributed by atoms with Crippen LogP contribution in [0.5, 0.6) is 0 Å². The molecular weight excluding hydrogens is 357 g/mol. The fraction of sp³-hybridized carbons (Fsp3) is 0.440. The molecule has 2 aromatic carbocycles. The standard InChI is InChI=1S/C25H31F3/c1-6-8-10-21(23-15-20(26)13-12-19(23)9-7-2)17(4)18(5)22-14-11-16(3)24(27)25(22)28/h11-15,18H,6-10H2,1-5H3/b21-17+. The average Bonchev–Trinajstić information content (AvgIpc) is 2.68. The number of hydrogen-bond acceptors (Lipinski definition) is 0. The largest absolute Gasteiger partial charge is 0.207 e. The lowest BCUT2D eigenvalue weighted by atomic mass is 9.83. The lowest BCUT2D eigenvalue weighted by molar-refractivity contribution is 0.490. The molecule has 3 heteroatoms. The van der Waals surface area contributed by atoms with Gasteiger partial charge in [-0.25, -0.2) is 13.2 Å². The minimum absolute atomic E-state index is 0.267. The molecule has 0 N–H and O–H groups in total. The van der Waals surface area contributed by atoms with Gasteiger partial charge in [0.2, 0.25) is 0 Å². The van der Waals surface area contributed by atoms with Crippen molar-refractivity contribution in [3.63, 3.8) is 0 Å². The van der Waals surface area contributed by atoms with Gasteiger partial charge in [-0.15, -0.1) is 0 Å². The third kappa shape index (κ3) is 4.87. The number of unbranched alkanes of at least 4 members (excludes halogenated alkanes) is 1. The highest BCUT2D eigenvalue weighted by molar-refractivity contribution is 5.72. The molecule has 0 bridgehead atoms. The van der Waals surface area contributed by atoms with Crippen LogP contribution >= 0.6 is 0 Å². The minimum Gasteiger partial charge on any atom is -0.207 e. The van der Waals surface area contributed by atoms with Crippen LogP contribution in [0.15, 0.2) is 35.9 Å². The van der Waals surface area contributed by atoms with Crippen molar-refractivity contribution >= 4 is 5.57 Å². The molecule has 0 spiro atoms. The molecule has 0 aliphatic rings. The topological polar surface area (TPSA) is 0 Å². The van der Waals surface area contributed by atoms with Gasteiger partial charge in [0.15, 0.2) is 11.6 Å². The second-order valence-corrected chi connectivity index (χ2v) is 7.64. The minimum atomic E-state index is -0.787. The smallest absolute Gasteiger partial charge is 0.162 e. The maximum Gasteiger partial charge on any atom is 0.162 e. The van der Waals surface area contributed by atoms with Gasteiger partial charge in [0.1, 0.15) is 5.82 Å².